The molecule has 0 amide bonds. The van der Waals surface area contributed by atoms with Gasteiger partial charge in [-0.15, -0.1) is 0 Å². The van der Waals surface area contributed by atoms with Gasteiger partial charge in [-0.05, 0) is 84.5 Å². The molecule has 3 rings (SSSR count). The minimum atomic E-state index is -0.0217. The van der Waals surface area contributed by atoms with Crippen LogP contribution >= 0.6 is 0 Å². The van der Waals surface area contributed by atoms with Gasteiger partial charge < -0.3 is 20.1 Å². The van der Waals surface area contributed by atoms with Crippen LogP contribution in [0.4, 0.5) is 11.4 Å². The molecular formula is C32H42N2O3. The van der Waals surface area contributed by atoms with Gasteiger partial charge in [-0.3, -0.25) is 4.79 Å². The van der Waals surface area contributed by atoms with Crippen molar-refractivity contribution in [3.8, 4) is 11.5 Å². The first kappa shape index (κ1) is 28.1. The Hall–Kier alpha value is -3.47. The van der Waals surface area contributed by atoms with Gasteiger partial charge in [0.25, 0.3) is 0 Å². The van der Waals surface area contributed by atoms with E-state index in [1.807, 2.05) is 7.05 Å². The summed E-state index contributed by atoms with van der Waals surface area (Å²) < 4.78 is 11.3. The summed E-state index contributed by atoms with van der Waals surface area (Å²) >= 11 is 0. The second-order valence-corrected chi connectivity index (χ2v) is 9.34. The Morgan fingerprint density at radius 1 is 0.730 bits per heavy atom. The monoisotopic (exact) mass is 502 g/mol. The molecule has 0 spiro atoms. The molecule has 5 heteroatoms. The molecule has 0 heterocycles. The second-order valence-electron chi connectivity index (χ2n) is 9.34. The molecule has 0 unspecified atom stereocenters. The third-order valence-electron chi connectivity index (χ3n) is 6.91. The lowest BCUT2D eigenvalue weighted by Crippen LogP contribution is -2.13. The normalized spacial score (nSPS) is 10.8. The maximum Gasteiger partial charge on any atom is 0.160 e. The predicted molar refractivity (Wildman–Crippen MR) is 155 cm³/mol. The molecule has 0 radical (unpaired) electrons. The Kier molecular flexibility index (Phi) is 10.0. The van der Waals surface area contributed by atoms with E-state index in [0.717, 1.165) is 37.8 Å². The van der Waals surface area contributed by atoms with Crippen LogP contribution in [0.15, 0.2) is 42.5 Å². The Balaban J connectivity index is 1.83. The third kappa shape index (κ3) is 6.85. The smallest absolute Gasteiger partial charge is 0.160 e. The summed E-state index contributed by atoms with van der Waals surface area (Å²) in [5, 5.41) is 6.91. The molecule has 198 valence electrons. The number of aryl methyl sites for hydroxylation is 4. The highest BCUT2D eigenvalue weighted by molar-refractivity contribution is 5.94. The van der Waals surface area contributed by atoms with E-state index >= 15 is 0 Å². The van der Waals surface area contributed by atoms with Crippen molar-refractivity contribution in [3.05, 3.63) is 81.4 Å². The van der Waals surface area contributed by atoms with Gasteiger partial charge in [0.1, 0.15) is 11.5 Å². The number of nitrogens with one attached hydrogen (secondary N) is 2. The van der Waals surface area contributed by atoms with Crippen molar-refractivity contribution in [1.29, 1.82) is 0 Å². The molecule has 0 aromatic heterocycles. The molecule has 3 aromatic rings. The van der Waals surface area contributed by atoms with Crippen molar-refractivity contribution in [3.63, 3.8) is 0 Å². The maximum absolute atomic E-state index is 11.9. The highest BCUT2D eigenvalue weighted by atomic mass is 16.5. The first-order valence-corrected chi connectivity index (χ1v) is 13.4. The molecule has 0 atom stereocenters. The molecule has 0 bridgehead atoms. The number of ketones is 1. The Labute approximate surface area is 222 Å². The molecule has 5 nitrogen and oxygen atoms in total. The summed E-state index contributed by atoms with van der Waals surface area (Å²) in [5.41, 5.74) is 11.0. The van der Waals surface area contributed by atoms with Crippen LogP contribution in [0.1, 0.15) is 78.4 Å². The molecule has 0 aliphatic rings. The van der Waals surface area contributed by atoms with Crippen LogP contribution in [-0.4, -0.2) is 26.7 Å². The average molecular weight is 503 g/mol. The SMILES string of the molecule is CCc1cc(Cc2cc(CC)c(NCOc3cc(OC)cc(C(C)=O)c3)c(CC)c2)cc(CC)c1NC. The molecule has 2 N–H and O–H groups in total. The first-order chi connectivity index (χ1) is 17.9. The number of rotatable bonds is 13. The minimum absolute atomic E-state index is 0.0217. The maximum atomic E-state index is 11.9. The summed E-state index contributed by atoms with van der Waals surface area (Å²) in [6, 6.07) is 14.6. The number of benzene rings is 3. The van der Waals surface area contributed by atoms with E-state index in [-0.39, 0.29) is 5.78 Å². The van der Waals surface area contributed by atoms with Gasteiger partial charge >= 0.3 is 0 Å². The zero-order valence-electron chi connectivity index (χ0n) is 23.5. The number of carbonyl (C=O) groups excluding carboxylic acids is 1. The zero-order chi connectivity index (χ0) is 26.9. The van der Waals surface area contributed by atoms with Gasteiger partial charge in [-0.2, -0.15) is 0 Å². The van der Waals surface area contributed by atoms with Crippen LogP contribution in [0, 0.1) is 0 Å². The van der Waals surface area contributed by atoms with E-state index in [1.165, 1.54) is 39.1 Å². The fourth-order valence-electron chi connectivity index (χ4n) is 4.95. The summed E-state index contributed by atoms with van der Waals surface area (Å²) in [4.78, 5) is 11.9. The van der Waals surface area contributed by atoms with Crippen molar-refractivity contribution in [1.82, 2.24) is 0 Å². The lowest BCUT2D eigenvalue weighted by molar-refractivity contribution is 0.101. The van der Waals surface area contributed by atoms with Gasteiger partial charge in [-0.25, -0.2) is 0 Å². The Morgan fingerprint density at radius 3 is 1.65 bits per heavy atom. The zero-order valence-corrected chi connectivity index (χ0v) is 23.5. The lowest BCUT2D eigenvalue weighted by Gasteiger charge is -2.19. The van der Waals surface area contributed by atoms with E-state index < -0.39 is 0 Å². The summed E-state index contributed by atoms with van der Waals surface area (Å²) in [6.45, 7) is 10.7. The minimum Gasteiger partial charge on any atom is -0.497 e. The largest absolute Gasteiger partial charge is 0.497 e. The van der Waals surface area contributed by atoms with Crippen LogP contribution < -0.4 is 20.1 Å². The first-order valence-electron chi connectivity index (χ1n) is 13.4. The van der Waals surface area contributed by atoms with Gasteiger partial charge in [0.05, 0.1) is 7.11 Å². The van der Waals surface area contributed by atoms with Crippen molar-refractivity contribution in [2.75, 3.05) is 31.5 Å². The van der Waals surface area contributed by atoms with Crippen molar-refractivity contribution in [2.24, 2.45) is 0 Å². The predicted octanol–water partition coefficient (Wildman–Crippen LogP) is 7.23. The lowest BCUT2D eigenvalue weighted by atomic mass is 9.92. The van der Waals surface area contributed by atoms with Crippen molar-refractivity contribution in [2.45, 2.75) is 66.7 Å². The number of Topliss-reactive ketones (excluding diaryl/α,β-unsaturated/α-hetero) is 1. The van der Waals surface area contributed by atoms with E-state index in [0.29, 0.717) is 23.8 Å². The van der Waals surface area contributed by atoms with E-state index in [9.17, 15) is 4.79 Å². The summed E-state index contributed by atoms with van der Waals surface area (Å²) in [7, 11) is 3.60. The van der Waals surface area contributed by atoms with Gasteiger partial charge in [-0.1, -0.05) is 52.0 Å². The molecule has 0 saturated carbocycles. The van der Waals surface area contributed by atoms with Crippen molar-refractivity contribution >= 4 is 17.2 Å². The van der Waals surface area contributed by atoms with Gasteiger partial charge in [0.15, 0.2) is 12.5 Å². The molecule has 37 heavy (non-hydrogen) atoms. The van der Waals surface area contributed by atoms with Crippen LogP contribution in [0.2, 0.25) is 0 Å². The van der Waals surface area contributed by atoms with E-state index in [1.54, 1.807) is 32.2 Å². The molecule has 0 fully saturated rings. The van der Waals surface area contributed by atoms with Crippen molar-refractivity contribution < 1.29 is 14.3 Å². The van der Waals surface area contributed by atoms with E-state index in [2.05, 4.69) is 62.6 Å². The standard InChI is InChI=1S/C32H42N2O3/c1-8-24-13-22(14-25(9-2)31(24)33-6)12-23-15-26(10-3)32(27(11-4)16-23)34-20-37-30-18-28(21(5)35)17-29(19-30)36-7/h13-19,33-34H,8-12,20H2,1-7H3. The van der Waals surface area contributed by atoms with Crippen LogP contribution in [0.3, 0.4) is 0 Å². The third-order valence-corrected chi connectivity index (χ3v) is 6.91. The average Bonchev–Trinajstić information content (AvgIpc) is 2.92. The fourth-order valence-corrected chi connectivity index (χ4v) is 4.95. The van der Waals surface area contributed by atoms with Gasteiger partial charge in [0.2, 0.25) is 0 Å². The number of carbonyl (C=O) groups is 1. The fraction of sp³-hybridized carbons (Fsp3) is 0.406. The second kappa shape index (κ2) is 13.2. The van der Waals surface area contributed by atoms with Crippen LogP contribution in [-0.2, 0) is 32.1 Å². The topological polar surface area (TPSA) is 59.6 Å². The number of hydrogen-bond acceptors (Lipinski definition) is 5. The van der Waals surface area contributed by atoms with Crippen LogP contribution in [0.5, 0.6) is 11.5 Å². The highest BCUT2D eigenvalue weighted by Crippen LogP contribution is 2.30. The number of methoxy groups -OCH3 is 1. The number of anilines is 2. The summed E-state index contributed by atoms with van der Waals surface area (Å²) in [5.74, 6) is 1.19. The number of ether oxygens (including phenoxy) is 2. The van der Waals surface area contributed by atoms with Gasteiger partial charge in [0, 0.05) is 30.1 Å². The quantitative estimate of drug-likeness (QED) is 0.191. The molecule has 0 aliphatic heterocycles. The van der Waals surface area contributed by atoms with Crippen LogP contribution in [0.25, 0.3) is 0 Å². The Bertz CT molecular complexity index is 1180. The van der Waals surface area contributed by atoms with E-state index in [4.69, 9.17) is 9.47 Å². The Morgan fingerprint density at radius 2 is 1.22 bits per heavy atom. The molecular weight excluding hydrogens is 460 g/mol. The molecule has 0 saturated heterocycles. The molecule has 0 aliphatic carbocycles. The highest BCUT2D eigenvalue weighted by Gasteiger charge is 2.13. The number of hydrogen-bond donors (Lipinski definition) is 2. The summed E-state index contributed by atoms with van der Waals surface area (Å²) in [6.07, 6.45) is 4.80. The molecule has 3 aromatic carbocycles.